The third-order valence-electron chi connectivity index (χ3n) is 2.90. The SMILES string of the molecule is CNC(Cc1ccccc1)c1c(Br)cnn1C. The number of aromatic nitrogens is 2. The van der Waals surface area contributed by atoms with Gasteiger partial charge >= 0.3 is 0 Å². The molecule has 0 bridgehead atoms. The lowest BCUT2D eigenvalue weighted by atomic mass is 10.0. The van der Waals surface area contributed by atoms with E-state index in [-0.39, 0.29) is 6.04 Å². The first-order chi connectivity index (χ1) is 8.22. The average molecular weight is 294 g/mol. The number of nitrogens with one attached hydrogen (secondary N) is 1. The maximum absolute atomic E-state index is 4.26. The monoisotopic (exact) mass is 293 g/mol. The van der Waals surface area contributed by atoms with Gasteiger partial charge in [0.25, 0.3) is 0 Å². The lowest BCUT2D eigenvalue weighted by Crippen LogP contribution is -2.22. The largest absolute Gasteiger partial charge is 0.311 e. The predicted octanol–water partition coefficient (Wildman–Crippen LogP) is 2.69. The number of nitrogens with zero attached hydrogens (tertiary/aromatic N) is 2. The summed E-state index contributed by atoms with van der Waals surface area (Å²) < 4.78 is 2.96. The molecule has 1 heterocycles. The highest BCUT2D eigenvalue weighted by Gasteiger charge is 2.17. The molecule has 17 heavy (non-hydrogen) atoms. The topological polar surface area (TPSA) is 29.9 Å². The van der Waals surface area contributed by atoms with Gasteiger partial charge in [0, 0.05) is 7.05 Å². The van der Waals surface area contributed by atoms with Crippen LogP contribution in [0.2, 0.25) is 0 Å². The van der Waals surface area contributed by atoms with E-state index >= 15 is 0 Å². The van der Waals surface area contributed by atoms with Crippen molar-refractivity contribution in [2.75, 3.05) is 7.05 Å². The summed E-state index contributed by atoms with van der Waals surface area (Å²) in [7, 11) is 3.95. The van der Waals surface area contributed by atoms with Crippen molar-refractivity contribution in [3.63, 3.8) is 0 Å². The molecule has 0 saturated heterocycles. The zero-order valence-corrected chi connectivity index (χ0v) is 11.6. The molecule has 1 aromatic carbocycles. The van der Waals surface area contributed by atoms with E-state index in [9.17, 15) is 0 Å². The summed E-state index contributed by atoms with van der Waals surface area (Å²) in [5, 5.41) is 7.60. The second kappa shape index (κ2) is 5.47. The summed E-state index contributed by atoms with van der Waals surface area (Å²) in [5.41, 5.74) is 2.50. The Morgan fingerprint density at radius 1 is 1.35 bits per heavy atom. The van der Waals surface area contributed by atoms with Crippen molar-refractivity contribution >= 4 is 15.9 Å². The van der Waals surface area contributed by atoms with Crippen LogP contribution in [0.3, 0.4) is 0 Å². The summed E-state index contributed by atoms with van der Waals surface area (Å²) in [6.07, 6.45) is 2.79. The van der Waals surface area contributed by atoms with Gasteiger partial charge in [-0.1, -0.05) is 30.3 Å². The fraction of sp³-hybridized carbons (Fsp3) is 0.308. The molecule has 90 valence electrons. The molecule has 0 aliphatic rings. The predicted molar refractivity (Wildman–Crippen MR) is 72.9 cm³/mol. The first-order valence-electron chi connectivity index (χ1n) is 5.61. The van der Waals surface area contributed by atoms with Crippen LogP contribution in [-0.4, -0.2) is 16.8 Å². The first-order valence-corrected chi connectivity index (χ1v) is 6.40. The van der Waals surface area contributed by atoms with E-state index in [0.29, 0.717) is 0 Å². The fourth-order valence-corrected chi connectivity index (χ4v) is 2.62. The molecular weight excluding hydrogens is 278 g/mol. The van der Waals surface area contributed by atoms with Crippen molar-refractivity contribution in [3.8, 4) is 0 Å². The molecule has 2 rings (SSSR count). The zero-order valence-electron chi connectivity index (χ0n) is 10.0. The molecule has 0 spiro atoms. The highest BCUT2D eigenvalue weighted by atomic mass is 79.9. The van der Waals surface area contributed by atoms with Crippen molar-refractivity contribution in [1.82, 2.24) is 15.1 Å². The van der Waals surface area contributed by atoms with E-state index in [1.165, 1.54) is 11.3 Å². The number of aryl methyl sites for hydroxylation is 1. The zero-order chi connectivity index (χ0) is 12.3. The Hall–Kier alpha value is -1.13. The summed E-state index contributed by atoms with van der Waals surface area (Å²) in [4.78, 5) is 0. The Bertz CT molecular complexity index is 459. The standard InChI is InChI=1S/C13H16BrN3/c1-15-12(8-10-6-4-3-5-7-10)13-11(14)9-16-17(13)2/h3-7,9,12,15H,8H2,1-2H3. The molecule has 1 unspecified atom stereocenters. The minimum absolute atomic E-state index is 0.263. The van der Waals surface area contributed by atoms with Gasteiger partial charge in [0.05, 0.1) is 22.4 Å². The second-order valence-electron chi connectivity index (χ2n) is 4.03. The quantitative estimate of drug-likeness (QED) is 0.939. The van der Waals surface area contributed by atoms with Gasteiger partial charge in [0.15, 0.2) is 0 Å². The van der Waals surface area contributed by atoms with Gasteiger partial charge in [-0.05, 0) is 35.0 Å². The molecule has 0 radical (unpaired) electrons. The minimum atomic E-state index is 0.263. The Morgan fingerprint density at radius 2 is 2.06 bits per heavy atom. The second-order valence-corrected chi connectivity index (χ2v) is 4.89. The molecule has 0 saturated carbocycles. The van der Waals surface area contributed by atoms with Crippen LogP contribution >= 0.6 is 15.9 Å². The van der Waals surface area contributed by atoms with Gasteiger partial charge in [-0.3, -0.25) is 4.68 Å². The maximum atomic E-state index is 4.26. The van der Waals surface area contributed by atoms with Gasteiger partial charge in [0.1, 0.15) is 0 Å². The van der Waals surface area contributed by atoms with Gasteiger partial charge in [-0.2, -0.15) is 5.10 Å². The molecule has 0 fully saturated rings. The van der Waals surface area contributed by atoms with Crippen LogP contribution in [0.4, 0.5) is 0 Å². The summed E-state index contributed by atoms with van der Waals surface area (Å²) in [6, 6.07) is 10.7. The Kier molecular flexibility index (Phi) is 3.97. The third-order valence-corrected chi connectivity index (χ3v) is 3.51. The van der Waals surface area contributed by atoms with Gasteiger partial charge < -0.3 is 5.32 Å². The van der Waals surface area contributed by atoms with E-state index in [1.54, 1.807) is 0 Å². The average Bonchev–Trinajstić information content (AvgIpc) is 2.68. The smallest absolute Gasteiger partial charge is 0.0695 e. The van der Waals surface area contributed by atoms with E-state index in [4.69, 9.17) is 0 Å². The summed E-state index contributed by atoms with van der Waals surface area (Å²) in [5.74, 6) is 0. The minimum Gasteiger partial charge on any atom is -0.311 e. The molecule has 4 heteroatoms. The van der Waals surface area contributed by atoms with Gasteiger partial charge in [-0.25, -0.2) is 0 Å². The summed E-state index contributed by atoms with van der Waals surface area (Å²) >= 11 is 3.55. The maximum Gasteiger partial charge on any atom is 0.0695 e. The normalized spacial score (nSPS) is 12.6. The number of likely N-dealkylation sites (N-methyl/N-ethyl adjacent to an activating group) is 1. The molecule has 3 nitrogen and oxygen atoms in total. The van der Waals surface area contributed by atoms with Crippen LogP contribution < -0.4 is 5.32 Å². The van der Waals surface area contributed by atoms with Gasteiger partial charge in [0.2, 0.25) is 0 Å². The molecule has 0 amide bonds. The Balaban J connectivity index is 2.23. The highest BCUT2D eigenvalue weighted by Crippen LogP contribution is 2.25. The number of hydrogen-bond acceptors (Lipinski definition) is 2. The van der Waals surface area contributed by atoms with E-state index in [1.807, 2.05) is 31.0 Å². The van der Waals surface area contributed by atoms with E-state index in [2.05, 4.69) is 50.6 Å². The molecule has 0 aliphatic heterocycles. The number of hydrogen-bond donors (Lipinski definition) is 1. The molecule has 0 aliphatic carbocycles. The van der Waals surface area contributed by atoms with Crippen molar-refractivity contribution < 1.29 is 0 Å². The van der Waals surface area contributed by atoms with Crippen molar-refractivity contribution in [2.24, 2.45) is 7.05 Å². The highest BCUT2D eigenvalue weighted by molar-refractivity contribution is 9.10. The lowest BCUT2D eigenvalue weighted by molar-refractivity contribution is 0.535. The molecule has 1 aromatic heterocycles. The van der Waals surface area contributed by atoms with E-state index < -0.39 is 0 Å². The van der Waals surface area contributed by atoms with Crippen LogP contribution in [0.25, 0.3) is 0 Å². The van der Waals surface area contributed by atoms with Crippen molar-refractivity contribution in [3.05, 3.63) is 52.3 Å². The number of rotatable bonds is 4. The van der Waals surface area contributed by atoms with Crippen molar-refractivity contribution in [2.45, 2.75) is 12.5 Å². The fourth-order valence-electron chi connectivity index (χ4n) is 2.00. The van der Waals surface area contributed by atoms with Gasteiger partial charge in [-0.15, -0.1) is 0 Å². The van der Waals surface area contributed by atoms with Crippen LogP contribution in [0.15, 0.2) is 41.0 Å². The van der Waals surface area contributed by atoms with Crippen LogP contribution in [0, 0.1) is 0 Å². The van der Waals surface area contributed by atoms with E-state index in [0.717, 1.165) is 10.9 Å². The molecular formula is C13H16BrN3. The first kappa shape index (κ1) is 12.3. The number of benzene rings is 1. The van der Waals surface area contributed by atoms with Crippen molar-refractivity contribution in [1.29, 1.82) is 0 Å². The van der Waals surface area contributed by atoms with Crippen LogP contribution in [0.5, 0.6) is 0 Å². The lowest BCUT2D eigenvalue weighted by Gasteiger charge is -2.17. The van der Waals surface area contributed by atoms with Crippen LogP contribution in [-0.2, 0) is 13.5 Å². The van der Waals surface area contributed by atoms with Crippen LogP contribution in [0.1, 0.15) is 17.3 Å². The molecule has 1 N–H and O–H groups in total. The number of halogens is 1. The molecule has 1 atom stereocenters. The molecule has 2 aromatic rings. The Labute approximate surface area is 110 Å². The Morgan fingerprint density at radius 3 is 2.59 bits per heavy atom. The third kappa shape index (κ3) is 2.76. The summed E-state index contributed by atoms with van der Waals surface area (Å²) in [6.45, 7) is 0.